The van der Waals surface area contributed by atoms with Crippen LogP contribution in [0.25, 0.3) is 0 Å². The summed E-state index contributed by atoms with van der Waals surface area (Å²) in [5, 5.41) is 14.7. The molecule has 5 heteroatoms. The van der Waals surface area contributed by atoms with Crippen LogP contribution in [0.15, 0.2) is 21.7 Å². The van der Waals surface area contributed by atoms with Gasteiger partial charge in [-0.05, 0) is 49.8 Å². The molecule has 2 N–H and O–H groups in total. The summed E-state index contributed by atoms with van der Waals surface area (Å²) in [5.74, 6) is 0.352. The Balaban J connectivity index is 1.65. The fourth-order valence-electron chi connectivity index (χ4n) is 2.02. The highest BCUT2D eigenvalue weighted by molar-refractivity contribution is 8.01. The van der Waals surface area contributed by atoms with Gasteiger partial charge in [0.15, 0.2) is 0 Å². The van der Waals surface area contributed by atoms with Crippen LogP contribution in [-0.2, 0) is 4.79 Å². The highest BCUT2D eigenvalue weighted by Gasteiger charge is 2.37. The molecule has 1 aromatic heterocycles. The Labute approximate surface area is 122 Å². The van der Waals surface area contributed by atoms with Gasteiger partial charge in [0.05, 0.1) is 4.21 Å². The first-order valence-corrected chi connectivity index (χ1v) is 8.64. The Morgan fingerprint density at radius 3 is 2.95 bits per heavy atom. The van der Waals surface area contributed by atoms with Crippen molar-refractivity contribution >= 4 is 29.1 Å². The largest absolute Gasteiger partial charge is 0.480 e. The van der Waals surface area contributed by atoms with Crippen LogP contribution in [0.3, 0.4) is 0 Å². The van der Waals surface area contributed by atoms with Gasteiger partial charge in [0.2, 0.25) is 0 Å². The van der Waals surface area contributed by atoms with E-state index in [0.29, 0.717) is 12.5 Å². The molecule has 1 fully saturated rings. The highest BCUT2D eigenvalue weighted by Crippen LogP contribution is 2.27. The van der Waals surface area contributed by atoms with Gasteiger partial charge >= 0.3 is 5.97 Å². The van der Waals surface area contributed by atoms with E-state index in [-0.39, 0.29) is 0 Å². The molecule has 1 saturated carbocycles. The summed E-state index contributed by atoms with van der Waals surface area (Å²) in [6, 6.07) is 4.63. The minimum atomic E-state index is -0.741. The topological polar surface area (TPSA) is 49.3 Å². The maximum atomic E-state index is 11.4. The molecule has 1 aromatic rings. The third-order valence-corrected chi connectivity index (χ3v) is 5.60. The minimum absolute atomic E-state index is 0.432. The van der Waals surface area contributed by atoms with Crippen molar-refractivity contribution in [2.24, 2.45) is 0 Å². The molecule has 1 atom stereocenters. The van der Waals surface area contributed by atoms with Crippen LogP contribution in [-0.4, -0.2) is 28.4 Å². The summed E-state index contributed by atoms with van der Waals surface area (Å²) in [6.45, 7) is 1.82. The molecule has 0 aliphatic heterocycles. The van der Waals surface area contributed by atoms with E-state index in [2.05, 4.69) is 22.8 Å². The maximum absolute atomic E-state index is 11.4. The van der Waals surface area contributed by atoms with Crippen molar-refractivity contribution in [1.29, 1.82) is 0 Å². The fraction of sp³-hybridized carbons (Fsp3) is 0.643. The Hall–Kier alpha value is -0.520. The van der Waals surface area contributed by atoms with Gasteiger partial charge in [-0.3, -0.25) is 10.1 Å². The maximum Gasteiger partial charge on any atom is 0.323 e. The molecule has 0 spiro atoms. The van der Waals surface area contributed by atoms with Crippen LogP contribution in [0.5, 0.6) is 0 Å². The van der Waals surface area contributed by atoms with Gasteiger partial charge in [0, 0.05) is 6.04 Å². The number of thioether (sulfide) groups is 1. The van der Waals surface area contributed by atoms with Gasteiger partial charge in [0.1, 0.15) is 5.54 Å². The molecule has 0 bridgehead atoms. The summed E-state index contributed by atoms with van der Waals surface area (Å²) in [5.41, 5.74) is -0.741. The Kier molecular flexibility index (Phi) is 5.30. The van der Waals surface area contributed by atoms with Crippen LogP contribution >= 0.6 is 23.1 Å². The molecule has 1 unspecified atom stereocenters. The normalized spacial score (nSPS) is 18.2. The molecular weight excluding hydrogens is 278 g/mol. The fourth-order valence-corrected chi connectivity index (χ4v) is 3.88. The summed E-state index contributed by atoms with van der Waals surface area (Å²) in [6.07, 6.45) is 4.98. The molecule has 1 aliphatic rings. The number of thiophene rings is 1. The molecule has 3 nitrogen and oxygen atoms in total. The Morgan fingerprint density at radius 1 is 1.58 bits per heavy atom. The van der Waals surface area contributed by atoms with Gasteiger partial charge in [-0.25, -0.2) is 0 Å². The van der Waals surface area contributed by atoms with Gasteiger partial charge in [-0.15, -0.1) is 23.1 Å². The van der Waals surface area contributed by atoms with Gasteiger partial charge in [0.25, 0.3) is 0 Å². The first-order valence-electron chi connectivity index (χ1n) is 6.77. The van der Waals surface area contributed by atoms with E-state index in [1.807, 2.05) is 18.7 Å². The van der Waals surface area contributed by atoms with Crippen LogP contribution in [0.1, 0.15) is 39.0 Å². The average Bonchev–Trinajstić information content (AvgIpc) is 3.02. The third kappa shape index (κ3) is 4.82. The second-order valence-corrected chi connectivity index (χ2v) is 7.64. The molecule has 0 aromatic carbocycles. The number of carbonyl (C=O) groups is 1. The first kappa shape index (κ1) is 14.9. The zero-order valence-corrected chi connectivity index (χ0v) is 12.9. The van der Waals surface area contributed by atoms with E-state index >= 15 is 0 Å². The van der Waals surface area contributed by atoms with Crippen molar-refractivity contribution in [3.05, 3.63) is 17.5 Å². The average molecular weight is 299 g/mol. The Morgan fingerprint density at radius 2 is 2.37 bits per heavy atom. The molecule has 106 valence electrons. The van der Waals surface area contributed by atoms with Crippen molar-refractivity contribution in [3.63, 3.8) is 0 Å². The number of hydrogen-bond acceptors (Lipinski definition) is 4. The van der Waals surface area contributed by atoms with Crippen LogP contribution in [0.2, 0.25) is 0 Å². The molecular formula is C14H21NO2S2. The lowest BCUT2D eigenvalue weighted by molar-refractivity contribution is -0.144. The van der Waals surface area contributed by atoms with E-state index in [0.717, 1.165) is 31.4 Å². The van der Waals surface area contributed by atoms with E-state index in [1.54, 1.807) is 11.3 Å². The molecule has 0 amide bonds. The third-order valence-electron chi connectivity index (χ3n) is 3.38. The lowest BCUT2D eigenvalue weighted by atomic mass is 9.95. The lowest BCUT2D eigenvalue weighted by Crippen LogP contribution is -2.50. The molecule has 1 aliphatic carbocycles. The van der Waals surface area contributed by atoms with Crippen molar-refractivity contribution in [2.45, 2.75) is 54.8 Å². The second-order valence-electron chi connectivity index (χ2n) is 5.29. The number of nitrogens with one attached hydrogen (secondary N) is 1. The predicted molar refractivity (Wildman–Crippen MR) is 81.1 cm³/mol. The van der Waals surface area contributed by atoms with Crippen LogP contribution in [0.4, 0.5) is 0 Å². The molecule has 0 saturated heterocycles. The summed E-state index contributed by atoms with van der Waals surface area (Å²) < 4.78 is 1.34. The number of unbranched alkanes of at least 4 members (excludes halogenated alkanes) is 1. The van der Waals surface area contributed by atoms with Crippen LogP contribution in [0, 0.1) is 0 Å². The zero-order chi connectivity index (χ0) is 13.7. The van der Waals surface area contributed by atoms with E-state index < -0.39 is 11.5 Å². The zero-order valence-electron chi connectivity index (χ0n) is 11.2. The van der Waals surface area contributed by atoms with Gasteiger partial charge in [-0.1, -0.05) is 12.5 Å². The van der Waals surface area contributed by atoms with Crippen molar-refractivity contribution in [1.82, 2.24) is 5.32 Å². The number of aliphatic carboxylic acids is 1. The molecule has 0 radical (unpaired) electrons. The molecule has 1 heterocycles. The summed E-state index contributed by atoms with van der Waals surface area (Å²) in [7, 11) is 0. The van der Waals surface area contributed by atoms with E-state index in [1.165, 1.54) is 4.21 Å². The van der Waals surface area contributed by atoms with Gasteiger partial charge in [-0.2, -0.15) is 0 Å². The lowest BCUT2D eigenvalue weighted by Gasteiger charge is -2.26. The predicted octanol–water partition coefficient (Wildman–Crippen LogP) is 3.61. The summed E-state index contributed by atoms with van der Waals surface area (Å²) in [4.78, 5) is 11.4. The second kappa shape index (κ2) is 6.77. The van der Waals surface area contributed by atoms with Gasteiger partial charge < -0.3 is 5.11 Å². The monoisotopic (exact) mass is 299 g/mol. The smallest absolute Gasteiger partial charge is 0.323 e. The standard InChI is InChI=1S/C14H21NO2S2/c1-14(13(16)17,15-11-6-7-11)8-2-3-9-18-12-5-4-10-19-12/h4-5,10-11,15H,2-3,6-9H2,1H3,(H,16,17). The Bertz CT molecular complexity index is 404. The van der Waals surface area contributed by atoms with Crippen molar-refractivity contribution in [3.8, 4) is 0 Å². The number of hydrogen-bond donors (Lipinski definition) is 2. The SMILES string of the molecule is CC(CCCCSc1cccs1)(NC1CC1)C(=O)O. The van der Waals surface area contributed by atoms with Crippen LogP contribution < -0.4 is 5.32 Å². The number of carboxylic acids is 1. The van der Waals surface area contributed by atoms with E-state index in [9.17, 15) is 9.90 Å². The van der Waals surface area contributed by atoms with E-state index in [4.69, 9.17) is 0 Å². The summed E-state index contributed by atoms with van der Waals surface area (Å²) >= 11 is 3.63. The number of rotatable bonds is 9. The molecule has 2 rings (SSSR count). The van der Waals surface area contributed by atoms with Crippen molar-refractivity contribution in [2.75, 3.05) is 5.75 Å². The van der Waals surface area contributed by atoms with Crippen molar-refractivity contribution < 1.29 is 9.90 Å². The highest BCUT2D eigenvalue weighted by atomic mass is 32.2. The first-order chi connectivity index (χ1) is 9.10. The number of carboxylic acid groups (broad SMARTS) is 1. The quantitative estimate of drug-likeness (QED) is 0.540. The molecule has 19 heavy (non-hydrogen) atoms. The minimum Gasteiger partial charge on any atom is -0.480 e.